The Balaban J connectivity index is 1.90. The lowest BCUT2D eigenvalue weighted by Crippen LogP contribution is -2.68. The molecule has 1 spiro atoms. The maximum Gasteiger partial charge on any atom is 0.248 e. The third-order valence-electron chi connectivity index (χ3n) is 4.48. The maximum absolute atomic E-state index is 12.7. The molecule has 0 aromatic rings. The number of amides is 2. The monoisotopic (exact) mass is 296 g/mol. The lowest BCUT2D eigenvalue weighted by Gasteiger charge is -2.43. The van der Waals surface area contributed by atoms with Crippen LogP contribution in [-0.2, 0) is 14.3 Å². The van der Waals surface area contributed by atoms with Crippen LogP contribution in [0.25, 0.3) is 0 Å². The Morgan fingerprint density at radius 1 is 1.33 bits per heavy atom. The van der Waals surface area contributed by atoms with Gasteiger partial charge in [-0.25, -0.2) is 0 Å². The largest absolute Gasteiger partial charge is 0.381 e. The summed E-state index contributed by atoms with van der Waals surface area (Å²) >= 11 is 0. The second kappa shape index (κ2) is 6.77. The fourth-order valence-corrected chi connectivity index (χ4v) is 3.25. The summed E-state index contributed by atoms with van der Waals surface area (Å²) in [4.78, 5) is 26.7. The van der Waals surface area contributed by atoms with E-state index in [0.29, 0.717) is 19.1 Å². The van der Waals surface area contributed by atoms with Gasteiger partial charge in [0.1, 0.15) is 11.6 Å². The minimum atomic E-state index is -0.609. The van der Waals surface area contributed by atoms with Crippen molar-refractivity contribution >= 4 is 11.8 Å². The average molecular weight is 296 g/mol. The SMILES string of the molecule is CC(C)COCCCN1C(=O)C2(CCCC2)NC(=O)C1C. The van der Waals surface area contributed by atoms with Crippen molar-refractivity contribution < 1.29 is 14.3 Å². The van der Waals surface area contributed by atoms with Crippen LogP contribution < -0.4 is 5.32 Å². The Morgan fingerprint density at radius 3 is 2.62 bits per heavy atom. The first-order valence-corrected chi connectivity index (χ1v) is 8.17. The molecular weight excluding hydrogens is 268 g/mol. The standard InChI is InChI=1S/C16H28N2O3/c1-12(2)11-21-10-6-9-18-13(3)14(19)17-16(15(18)20)7-4-5-8-16/h12-13H,4-11H2,1-3H3,(H,17,19). The normalized spacial score (nSPS) is 25.0. The Hall–Kier alpha value is -1.10. The summed E-state index contributed by atoms with van der Waals surface area (Å²) in [6.45, 7) is 8.03. The van der Waals surface area contributed by atoms with Crippen LogP contribution >= 0.6 is 0 Å². The van der Waals surface area contributed by atoms with E-state index in [0.717, 1.165) is 38.7 Å². The molecule has 1 saturated heterocycles. The van der Waals surface area contributed by atoms with Crippen LogP contribution in [0.1, 0.15) is 52.9 Å². The zero-order chi connectivity index (χ0) is 15.5. The van der Waals surface area contributed by atoms with Crippen LogP contribution in [0.4, 0.5) is 0 Å². The number of carbonyl (C=O) groups is 2. The molecule has 1 N–H and O–H groups in total. The molecule has 5 nitrogen and oxygen atoms in total. The van der Waals surface area contributed by atoms with Crippen LogP contribution in [0.3, 0.4) is 0 Å². The molecule has 2 amide bonds. The fraction of sp³-hybridized carbons (Fsp3) is 0.875. The highest BCUT2D eigenvalue weighted by atomic mass is 16.5. The zero-order valence-electron chi connectivity index (χ0n) is 13.5. The Bertz CT molecular complexity index is 389. The molecule has 5 heteroatoms. The van der Waals surface area contributed by atoms with Crippen LogP contribution in [0, 0.1) is 5.92 Å². The molecule has 1 aliphatic carbocycles. The van der Waals surface area contributed by atoms with Crippen LogP contribution in [0.15, 0.2) is 0 Å². The number of rotatable bonds is 6. The van der Waals surface area contributed by atoms with E-state index in [4.69, 9.17) is 4.74 Å². The highest BCUT2D eigenvalue weighted by Crippen LogP contribution is 2.34. The smallest absolute Gasteiger partial charge is 0.248 e. The van der Waals surface area contributed by atoms with Crippen LogP contribution in [-0.4, -0.2) is 48.1 Å². The number of nitrogens with zero attached hydrogens (tertiary/aromatic N) is 1. The van der Waals surface area contributed by atoms with Crippen molar-refractivity contribution in [1.29, 1.82) is 0 Å². The van der Waals surface area contributed by atoms with Crippen molar-refractivity contribution in [2.24, 2.45) is 5.92 Å². The van der Waals surface area contributed by atoms with E-state index in [1.54, 1.807) is 4.90 Å². The summed E-state index contributed by atoms with van der Waals surface area (Å²) in [7, 11) is 0. The van der Waals surface area contributed by atoms with Gasteiger partial charge >= 0.3 is 0 Å². The van der Waals surface area contributed by atoms with Crippen molar-refractivity contribution in [1.82, 2.24) is 10.2 Å². The highest BCUT2D eigenvalue weighted by Gasteiger charge is 2.50. The van der Waals surface area contributed by atoms with Crippen LogP contribution in [0.5, 0.6) is 0 Å². The van der Waals surface area contributed by atoms with Gasteiger partial charge in [0.25, 0.3) is 0 Å². The molecular formula is C16H28N2O3. The van der Waals surface area contributed by atoms with E-state index in [2.05, 4.69) is 19.2 Å². The number of carbonyl (C=O) groups excluding carboxylic acids is 2. The molecule has 120 valence electrons. The van der Waals surface area contributed by atoms with Crippen molar-refractivity contribution in [3.63, 3.8) is 0 Å². The summed E-state index contributed by atoms with van der Waals surface area (Å²) < 4.78 is 5.56. The molecule has 2 fully saturated rings. The Labute approximate surface area is 127 Å². The van der Waals surface area contributed by atoms with Gasteiger partial charge in [-0.15, -0.1) is 0 Å². The predicted molar refractivity (Wildman–Crippen MR) is 80.8 cm³/mol. The van der Waals surface area contributed by atoms with E-state index < -0.39 is 5.54 Å². The molecule has 1 saturated carbocycles. The van der Waals surface area contributed by atoms with Gasteiger partial charge in [-0.05, 0) is 32.1 Å². The first-order valence-electron chi connectivity index (χ1n) is 8.17. The topological polar surface area (TPSA) is 58.6 Å². The quantitative estimate of drug-likeness (QED) is 0.759. The molecule has 0 aromatic heterocycles. The number of ether oxygens (including phenoxy) is 1. The highest BCUT2D eigenvalue weighted by molar-refractivity contribution is 5.99. The molecule has 1 heterocycles. The summed E-state index contributed by atoms with van der Waals surface area (Å²) in [6, 6.07) is -0.367. The van der Waals surface area contributed by atoms with Gasteiger partial charge in [0.2, 0.25) is 11.8 Å². The first kappa shape index (κ1) is 16.3. The number of hydrogen-bond acceptors (Lipinski definition) is 3. The maximum atomic E-state index is 12.7. The molecule has 1 aliphatic heterocycles. The van der Waals surface area contributed by atoms with E-state index in [9.17, 15) is 9.59 Å². The van der Waals surface area contributed by atoms with E-state index in [1.807, 2.05) is 6.92 Å². The van der Waals surface area contributed by atoms with Gasteiger partial charge in [-0.2, -0.15) is 0 Å². The van der Waals surface area contributed by atoms with Gasteiger partial charge in [-0.3, -0.25) is 9.59 Å². The van der Waals surface area contributed by atoms with Crippen molar-refractivity contribution in [3.8, 4) is 0 Å². The van der Waals surface area contributed by atoms with Crippen molar-refractivity contribution in [3.05, 3.63) is 0 Å². The third-order valence-corrected chi connectivity index (χ3v) is 4.48. The summed E-state index contributed by atoms with van der Waals surface area (Å²) in [5.41, 5.74) is -0.609. The Kier molecular flexibility index (Phi) is 5.25. The molecule has 0 aromatic carbocycles. The first-order chi connectivity index (χ1) is 9.96. The van der Waals surface area contributed by atoms with Gasteiger partial charge in [-0.1, -0.05) is 26.7 Å². The van der Waals surface area contributed by atoms with Crippen LogP contribution in [0.2, 0.25) is 0 Å². The average Bonchev–Trinajstić information content (AvgIpc) is 2.89. The molecule has 2 aliphatic rings. The van der Waals surface area contributed by atoms with Gasteiger partial charge in [0, 0.05) is 19.8 Å². The van der Waals surface area contributed by atoms with Gasteiger partial charge in [0.05, 0.1) is 0 Å². The molecule has 2 rings (SSSR count). The fourth-order valence-electron chi connectivity index (χ4n) is 3.25. The molecule has 21 heavy (non-hydrogen) atoms. The summed E-state index contributed by atoms with van der Waals surface area (Å²) in [5, 5.41) is 2.98. The second-order valence-corrected chi connectivity index (χ2v) is 6.78. The van der Waals surface area contributed by atoms with E-state index in [1.165, 1.54) is 0 Å². The second-order valence-electron chi connectivity index (χ2n) is 6.78. The molecule has 0 bridgehead atoms. The van der Waals surface area contributed by atoms with Crippen molar-refractivity contribution in [2.45, 2.75) is 64.5 Å². The van der Waals surface area contributed by atoms with Gasteiger partial charge < -0.3 is 15.0 Å². The van der Waals surface area contributed by atoms with Crippen molar-refractivity contribution in [2.75, 3.05) is 19.8 Å². The zero-order valence-corrected chi connectivity index (χ0v) is 13.5. The number of piperazine rings is 1. The lowest BCUT2D eigenvalue weighted by atomic mass is 9.91. The molecule has 1 atom stereocenters. The third kappa shape index (κ3) is 3.57. The molecule has 1 unspecified atom stereocenters. The molecule has 0 radical (unpaired) electrons. The number of nitrogens with one attached hydrogen (secondary N) is 1. The summed E-state index contributed by atoms with van der Waals surface area (Å²) in [5.74, 6) is 0.614. The van der Waals surface area contributed by atoms with E-state index >= 15 is 0 Å². The minimum absolute atomic E-state index is 0.0143. The summed E-state index contributed by atoms with van der Waals surface area (Å²) in [6.07, 6.45) is 4.39. The van der Waals surface area contributed by atoms with E-state index in [-0.39, 0.29) is 17.9 Å². The lowest BCUT2D eigenvalue weighted by molar-refractivity contribution is -0.154. The minimum Gasteiger partial charge on any atom is -0.381 e. The van der Waals surface area contributed by atoms with Gasteiger partial charge in [0.15, 0.2) is 0 Å². The number of hydrogen-bond donors (Lipinski definition) is 1. The Morgan fingerprint density at radius 2 is 2.00 bits per heavy atom. The predicted octanol–water partition coefficient (Wildman–Crippen LogP) is 1.71.